The lowest BCUT2D eigenvalue weighted by Gasteiger charge is -2.14. The average molecular weight is 384 g/mol. The van der Waals surface area contributed by atoms with E-state index in [9.17, 15) is 9.59 Å². The number of amides is 1. The zero-order chi connectivity index (χ0) is 19.1. The Balaban J connectivity index is 1.56. The van der Waals surface area contributed by atoms with Gasteiger partial charge in [-0.1, -0.05) is 11.8 Å². The van der Waals surface area contributed by atoms with Crippen molar-refractivity contribution in [2.45, 2.75) is 19.0 Å². The molecule has 0 aliphatic carbocycles. The molecule has 0 aromatic carbocycles. The van der Waals surface area contributed by atoms with E-state index < -0.39 is 11.8 Å². The monoisotopic (exact) mass is 384 g/mol. The molecule has 1 atom stereocenters. The molecule has 1 fully saturated rings. The topological polar surface area (TPSA) is 118 Å². The first-order chi connectivity index (χ1) is 12.9. The standard InChI is InChI=1S/C16H16N8O2S/c1-8-4-9(2)19-15(18-8)24-14(26)12-11(25)5-10(20-13(12)22-24)6-27-16-21-17-7-23(16)3/h4-5,7,12H,6H2,1-3H3,(H,20,22). The molecule has 138 valence electrons. The summed E-state index contributed by atoms with van der Waals surface area (Å²) in [5.74, 6) is -0.776. The zero-order valence-electron chi connectivity index (χ0n) is 14.9. The minimum atomic E-state index is -0.974. The van der Waals surface area contributed by atoms with E-state index in [-0.39, 0.29) is 11.7 Å². The molecule has 10 nitrogen and oxygen atoms in total. The van der Waals surface area contributed by atoms with Gasteiger partial charge in [0.2, 0.25) is 0 Å². The number of hydrogen-bond acceptors (Lipinski definition) is 9. The van der Waals surface area contributed by atoms with Crippen molar-refractivity contribution < 1.29 is 9.59 Å². The van der Waals surface area contributed by atoms with Crippen LogP contribution in [0.2, 0.25) is 0 Å². The number of allylic oxidation sites excluding steroid dienone is 1. The summed E-state index contributed by atoms with van der Waals surface area (Å²) >= 11 is 1.41. The molecule has 1 N–H and O–H groups in total. The molecule has 2 aliphatic heterocycles. The number of anilines is 1. The van der Waals surface area contributed by atoms with Crippen LogP contribution in [0.15, 0.2) is 34.3 Å². The van der Waals surface area contributed by atoms with Crippen molar-refractivity contribution in [1.82, 2.24) is 30.2 Å². The molecule has 4 heterocycles. The molecule has 2 aromatic heterocycles. The summed E-state index contributed by atoms with van der Waals surface area (Å²) in [6, 6.07) is 1.81. The van der Waals surface area contributed by atoms with Gasteiger partial charge in [0, 0.05) is 30.3 Å². The first-order valence-corrected chi connectivity index (χ1v) is 9.13. The van der Waals surface area contributed by atoms with E-state index in [1.807, 2.05) is 27.0 Å². The largest absolute Gasteiger partial charge is 0.312 e. The Hall–Kier alpha value is -3.08. The maximum absolute atomic E-state index is 12.7. The van der Waals surface area contributed by atoms with Crippen LogP contribution in [0.5, 0.6) is 0 Å². The Bertz CT molecular complexity index is 991. The molecule has 4 rings (SSSR count). The van der Waals surface area contributed by atoms with Crippen molar-refractivity contribution in [3.8, 4) is 0 Å². The van der Waals surface area contributed by atoms with Gasteiger partial charge in [0.1, 0.15) is 12.2 Å². The number of hydrogen-bond donors (Lipinski definition) is 1. The molecular formula is C16H16N8O2S. The molecule has 1 saturated heterocycles. The molecule has 0 bridgehead atoms. The Labute approximate surface area is 158 Å². The lowest BCUT2D eigenvalue weighted by molar-refractivity contribution is -0.126. The second-order valence-corrected chi connectivity index (χ2v) is 7.16. The van der Waals surface area contributed by atoms with E-state index in [0.717, 1.165) is 11.4 Å². The Morgan fingerprint density at radius 1 is 1.22 bits per heavy atom. The number of nitrogens with one attached hydrogen (secondary N) is 1. The van der Waals surface area contributed by atoms with E-state index in [1.54, 1.807) is 10.9 Å². The predicted molar refractivity (Wildman–Crippen MR) is 97.9 cm³/mol. The van der Waals surface area contributed by atoms with Crippen LogP contribution in [0.1, 0.15) is 11.4 Å². The van der Waals surface area contributed by atoms with Crippen molar-refractivity contribution in [3.63, 3.8) is 0 Å². The maximum atomic E-state index is 12.7. The number of aromatic nitrogens is 5. The fraction of sp³-hybridized carbons (Fsp3) is 0.312. The predicted octanol–water partition coefficient (Wildman–Crippen LogP) is 0.347. The van der Waals surface area contributed by atoms with Crippen molar-refractivity contribution in [2.75, 3.05) is 10.8 Å². The summed E-state index contributed by atoms with van der Waals surface area (Å²) in [5.41, 5.74) is 4.90. The van der Waals surface area contributed by atoms with E-state index in [2.05, 4.69) is 30.6 Å². The number of thioether (sulfide) groups is 1. The summed E-state index contributed by atoms with van der Waals surface area (Å²) in [6.07, 6.45) is 3.01. The van der Waals surface area contributed by atoms with Crippen LogP contribution in [0.4, 0.5) is 5.95 Å². The van der Waals surface area contributed by atoms with Crippen molar-refractivity contribution in [1.29, 1.82) is 0 Å². The van der Waals surface area contributed by atoms with Gasteiger partial charge in [0.05, 0.1) is 5.70 Å². The van der Waals surface area contributed by atoms with Gasteiger partial charge in [0.25, 0.3) is 11.9 Å². The smallest absolute Gasteiger partial charge is 0.267 e. The van der Waals surface area contributed by atoms with Crippen molar-refractivity contribution in [2.24, 2.45) is 18.0 Å². The fourth-order valence-electron chi connectivity index (χ4n) is 2.83. The van der Waals surface area contributed by atoms with E-state index in [4.69, 9.17) is 0 Å². The van der Waals surface area contributed by atoms with Gasteiger partial charge in [-0.05, 0) is 19.9 Å². The van der Waals surface area contributed by atoms with Crippen LogP contribution < -0.4 is 10.4 Å². The lowest BCUT2D eigenvalue weighted by atomic mass is 10.00. The highest BCUT2D eigenvalue weighted by Gasteiger charge is 2.45. The molecule has 0 radical (unpaired) electrons. The highest BCUT2D eigenvalue weighted by Crippen LogP contribution is 2.26. The molecule has 2 aromatic rings. The number of fused-ring (bicyclic) bond motifs is 1. The van der Waals surface area contributed by atoms with E-state index in [0.29, 0.717) is 22.4 Å². The molecule has 2 aliphatic rings. The highest BCUT2D eigenvalue weighted by molar-refractivity contribution is 7.99. The Kier molecular flexibility index (Phi) is 4.22. The average Bonchev–Trinajstić information content (AvgIpc) is 3.15. The quantitative estimate of drug-likeness (QED) is 0.592. The first kappa shape index (κ1) is 17.3. The van der Waals surface area contributed by atoms with Gasteiger partial charge in [-0.3, -0.25) is 15.0 Å². The molecule has 27 heavy (non-hydrogen) atoms. The number of carbonyl (C=O) groups excluding carboxylic acids is 2. The van der Waals surface area contributed by atoms with Crippen LogP contribution in [0.25, 0.3) is 0 Å². The summed E-state index contributed by atoms with van der Waals surface area (Å²) in [5, 5.41) is 9.70. The van der Waals surface area contributed by atoms with Gasteiger partial charge in [-0.15, -0.1) is 10.2 Å². The van der Waals surface area contributed by atoms with Gasteiger partial charge < -0.3 is 4.57 Å². The van der Waals surface area contributed by atoms with Crippen LogP contribution in [0, 0.1) is 19.8 Å². The third kappa shape index (κ3) is 3.21. The number of hydrazine groups is 1. The second kappa shape index (κ2) is 6.58. The number of rotatable bonds is 4. The highest BCUT2D eigenvalue weighted by atomic mass is 32.2. The minimum Gasteiger partial charge on any atom is -0.312 e. The molecular weight excluding hydrogens is 368 g/mol. The summed E-state index contributed by atoms with van der Waals surface area (Å²) in [4.78, 5) is 38.2. The van der Waals surface area contributed by atoms with Crippen molar-refractivity contribution >= 4 is 35.2 Å². The summed E-state index contributed by atoms with van der Waals surface area (Å²) in [6.45, 7) is 3.63. The number of ketones is 1. The van der Waals surface area contributed by atoms with Crippen LogP contribution >= 0.6 is 11.8 Å². The molecule has 11 heteroatoms. The van der Waals surface area contributed by atoms with Crippen LogP contribution in [-0.4, -0.2) is 48.0 Å². The van der Waals surface area contributed by atoms with Crippen molar-refractivity contribution in [3.05, 3.63) is 35.6 Å². The maximum Gasteiger partial charge on any atom is 0.267 e. The molecule has 0 saturated carbocycles. The number of aliphatic imine (C=N–C) groups is 1. The van der Waals surface area contributed by atoms with Gasteiger partial charge in [-0.2, -0.15) is 5.01 Å². The van der Waals surface area contributed by atoms with Crippen LogP contribution in [0.3, 0.4) is 0 Å². The molecule has 1 amide bonds. The fourth-order valence-corrected chi connectivity index (χ4v) is 3.61. The normalized spacial score (nSPS) is 18.9. The summed E-state index contributed by atoms with van der Waals surface area (Å²) < 4.78 is 1.78. The minimum absolute atomic E-state index is 0.206. The zero-order valence-corrected chi connectivity index (χ0v) is 15.7. The van der Waals surface area contributed by atoms with E-state index in [1.165, 1.54) is 22.8 Å². The first-order valence-electron chi connectivity index (χ1n) is 8.15. The van der Waals surface area contributed by atoms with Gasteiger partial charge in [-0.25, -0.2) is 15.0 Å². The SMILES string of the molecule is Cc1cc(C)nc(N2NC3=NC(CSc4nncn4C)=CC(=O)C3C2=O)n1. The third-order valence-corrected chi connectivity index (χ3v) is 5.08. The number of amidine groups is 1. The lowest BCUT2D eigenvalue weighted by Crippen LogP contribution is -2.37. The number of carbonyl (C=O) groups is 2. The van der Waals surface area contributed by atoms with Gasteiger partial charge >= 0.3 is 0 Å². The van der Waals surface area contributed by atoms with E-state index >= 15 is 0 Å². The number of nitrogens with zero attached hydrogens (tertiary/aromatic N) is 7. The van der Waals surface area contributed by atoms with Gasteiger partial charge in [0.15, 0.2) is 16.9 Å². The molecule has 1 unspecified atom stereocenters. The summed E-state index contributed by atoms with van der Waals surface area (Å²) in [7, 11) is 1.84. The molecule has 0 spiro atoms. The number of aryl methyl sites for hydroxylation is 3. The second-order valence-electron chi connectivity index (χ2n) is 6.22. The third-order valence-electron chi connectivity index (χ3n) is 4.01. The Morgan fingerprint density at radius 3 is 2.63 bits per heavy atom. The van der Waals surface area contributed by atoms with Crippen LogP contribution in [-0.2, 0) is 16.6 Å². The Morgan fingerprint density at radius 2 is 1.96 bits per heavy atom.